The summed E-state index contributed by atoms with van der Waals surface area (Å²) in [6, 6.07) is 3.97. The second kappa shape index (κ2) is 9.81. The number of hydrogen-bond acceptors (Lipinski definition) is 5. The fourth-order valence-corrected chi connectivity index (χ4v) is 2.99. The van der Waals surface area contributed by atoms with Crippen LogP contribution in [0.4, 0.5) is 14.5 Å². The highest BCUT2D eigenvalue weighted by atomic mass is 127. The molecule has 2 N–H and O–H groups in total. The van der Waals surface area contributed by atoms with E-state index < -0.39 is 11.6 Å². The van der Waals surface area contributed by atoms with Crippen LogP contribution in [0.25, 0.3) is 0 Å². The zero-order chi connectivity index (χ0) is 18.5. The van der Waals surface area contributed by atoms with E-state index in [1.165, 1.54) is 18.2 Å². The summed E-state index contributed by atoms with van der Waals surface area (Å²) >= 11 is 0. The van der Waals surface area contributed by atoms with Gasteiger partial charge in [0.25, 0.3) is 0 Å². The summed E-state index contributed by atoms with van der Waals surface area (Å²) in [6.45, 7) is 3.43. The summed E-state index contributed by atoms with van der Waals surface area (Å²) in [5.74, 6) is 0.717. The second-order valence-corrected chi connectivity index (χ2v) is 6.13. The number of para-hydroxylation sites is 1. The Balaban J connectivity index is 0.00000261. The molecule has 1 atom stereocenters. The average Bonchev–Trinajstić information content (AvgIpc) is 3.23. The fraction of sp³-hybridized carbons (Fsp3) is 0.471. The minimum atomic E-state index is -0.539. The van der Waals surface area contributed by atoms with Gasteiger partial charge in [0.2, 0.25) is 5.89 Å². The zero-order valence-electron chi connectivity index (χ0n) is 15.2. The molecule has 1 unspecified atom stereocenters. The quantitative estimate of drug-likeness (QED) is 0.379. The van der Waals surface area contributed by atoms with Crippen LogP contribution in [-0.2, 0) is 6.42 Å². The van der Waals surface area contributed by atoms with E-state index in [-0.39, 0.29) is 35.7 Å². The Morgan fingerprint density at radius 3 is 2.74 bits per heavy atom. The fourth-order valence-electron chi connectivity index (χ4n) is 2.99. The number of aromatic nitrogens is 2. The Bertz CT molecular complexity index is 764. The van der Waals surface area contributed by atoms with E-state index in [9.17, 15) is 8.78 Å². The molecule has 7 nitrogen and oxygen atoms in total. The molecule has 27 heavy (non-hydrogen) atoms. The number of aliphatic imine (C=N–C) groups is 1. The molecule has 0 bridgehead atoms. The van der Waals surface area contributed by atoms with Gasteiger partial charge in [0, 0.05) is 39.1 Å². The van der Waals surface area contributed by atoms with Gasteiger partial charge in [-0.3, -0.25) is 4.99 Å². The molecule has 0 aliphatic carbocycles. The molecule has 1 aromatic heterocycles. The van der Waals surface area contributed by atoms with E-state index in [1.807, 2.05) is 0 Å². The van der Waals surface area contributed by atoms with Crippen molar-refractivity contribution < 1.29 is 13.3 Å². The van der Waals surface area contributed by atoms with Gasteiger partial charge in [-0.05, 0) is 25.5 Å². The number of halogens is 3. The number of anilines is 1. The zero-order valence-corrected chi connectivity index (χ0v) is 17.5. The molecular formula is C17H23F2IN6O. The maximum Gasteiger partial charge on any atom is 0.228 e. The molecule has 0 spiro atoms. The van der Waals surface area contributed by atoms with Crippen LogP contribution < -0.4 is 15.5 Å². The van der Waals surface area contributed by atoms with Gasteiger partial charge in [-0.2, -0.15) is 4.98 Å². The van der Waals surface area contributed by atoms with E-state index >= 15 is 0 Å². The Labute approximate surface area is 173 Å². The number of rotatable bonds is 5. The first-order valence-electron chi connectivity index (χ1n) is 8.52. The van der Waals surface area contributed by atoms with Crippen molar-refractivity contribution in [2.75, 3.05) is 31.6 Å². The van der Waals surface area contributed by atoms with Crippen molar-refractivity contribution >= 4 is 35.6 Å². The lowest BCUT2D eigenvalue weighted by Crippen LogP contribution is -2.45. The van der Waals surface area contributed by atoms with Crippen LogP contribution in [-0.4, -0.2) is 48.8 Å². The van der Waals surface area contributed by atoms with Crippen LogP contribution in [0.2, 0.25) is 0 Å². The van der Waals surface area contributed by atoms with Gasteiger partial charge in [0.1, 0.15) is 17.3 Å². The third-order valence-electron chi connectivity index (χ3n) is 4.21. The molecule has 1 aromatic carbocycles. The molecule has 1 saturated heterocycles. The summed E-state index contributed by atoms with van der Waals surface area (Å²) in [7, 11) is 1.68. The van der Waals surface area contributed by atoms with Gasteiger partial charge in [-0.25, -0.2) is 8.78 Å². The van der Waals surface area contributed by atoms with Crippen molar-refractivity contribution in [3.8, 4) is 0 Å². The first kappa shape index (κ1) is 21.3. The van der Waals surface area contributed by atoms with Gasteiger partial charge in [-0.1, -0.05) is 11.2 Å². The number of benzene rings is 1. The van der Waals surface area contributed by atoms with Crippen molar-refractivity contribution in [1.29, 1.82) is 0 Å². The third-order valence-corrected chi connectivity index (χ3v) is 4.21. The molecule has 0 radical (unpaired) electrons. The number of guanidine groups is 1. The molecule has 0 amide bonds. The molecule has 1 fully saturated rings. The molecular weight excluding hydrogens is 469 g/mol. The van der Waals surface area contributed by atoms with Gasteiger partial charge < -0.3 is 20.1 Å². The highest BCUT2D eigenvalue weighted by Gasteiger charge is 2.27. The SMILES string of the molecule is CN=C(NCCc1nc(C)no1)NC1CCN(c2c(F)cccc2F)C1.I. The summed E-state index contributed by atoms with van der Waals surface area (Å²) in [4.78, 5) is 10.0. The lowest BCUT2D eigenvalue weighted by atomic mass is 10.2. The van der Waals surface area contributed by atoms with Gasteiger partial charge in [0.15, 0.2) is 11.8 Å². The Morgan fingerprint density at radius 2 is 2.11 bits per heavy atom. The van der Waals surface area contributed by atoms with E-state index in [0.717, 1.165) is 6.42 Å². The minimum Gasteiger partial charge on any atom is -0.365 e. The Kier molecular flexibility index (Phi) is 7.75. The lowest BCUT2D eigenvalue weighted by Gasteiger charge is -2.21. The molecule has 2 heterocycles. The predicted molar refractivity (Wildman–Crippen MR) is 110 cm³/mol. The third kappa shape index (κ3) is 5.50. The minimum absolute atomic E-state index is 0. The van der Waals surface area contributed by atoms with Crippen LogP contribution in [0.3, 0.4) is 0 Å². The normalized spacial score (nSPS) is 17.0. The van der Waals surface area contributed by atoms with E-state index in [4.69, 9.17) is 4.52 Å². The number of nitrogens with zero attached hydrogens (tertiary/aromatic N) is 4. The van der Waals surface area contributed by atoms with E-state index in [1.54, 1.807) is 18.9 Å². The lowest BCUT2D eigenvalue weighted by molar-refractivity contribution is 0.374. The number of hydrogen-bond donors (Lipinski definition) is 2. The van der Waals surface area contributed by atoms with Crippen molar-refractivity contribution in [3.63, 3.8) is 0 Å². The van der Waals surface area contributed by atoms with Crippen molar-refractivity contribution in [2.45, 2.75) is 25.8 Å². The van der Waals surface area contributed by atoms with Crippen LogP contribution in [0.1, 0.15) is 18.1 Å². The van der Waals surface area contributed by atoms with E-state index in [0.29, 0.717) is 43.7 Å². The summed E-state index contributed by atoms with van der Waals surface area (Å²) in [6.07, 6.45) is 1.34. The molecule has 148 valence electrons. The first-order valence-corrected chi connectivity index (χ1v) is 8.52. The number of nitrogens with one attached hydrogen (secondary N) is 2. The average molecular weight is 492 g/mol. The van der Waals surface area contributed by atoms with Crippen LogP contribution >= 0.6 is 24.0 Å². The second-order valence-electron chi connectivity index (χ2n) is 6.13. The van der Waals surface area contributed by atoms with E-state index in [2.05, 4.69) is 25.8 Å². The highest BCUT2D eigenvalue weighted by molar-refractivity contribution is 14.0. The molecule has 1 aliphatic rings. The first-order chi connectivity index (χ1) is 12.6. The van der Waals surface area contributed by atoms with Gasteiger partial charge in [0.05, 0.1) is 0 Å². The molecule has 10 heteroatoms. The largest absolute Gasteiger partial charge is 0.365 e. The summed E-state index contributed by atoms with van der Waals surface area (Å²) in [5.41, 5.74) is 0.0338. The Hall–Kier alpha value is -1.98. The summed E-state index contributed by atoms with van der Waals surface area (Å²) < 4.78 is 32.9. The summed E-state index contributed by atoms with van der Waals surface area (Å²) in [5, 5.41) is 10.2. The smallest absolute Gasteiger partial charge is 0.228 e. The highest BCUT2D eigenvalue weighted by Crippen LogP contribution is 2.26. The predicted octanol–water partition coefficient (Wildman–Crippen LogP) is 2.26. The van der Waals surface area contributed by atoms with Gasteiger partial charge >= 0.3 is 0 Å². The topological polar surface area (TPSA) is 78.6 Å². The van der Waals surface area contributed by atoms with Crippen molar-refractivity contribution in [2.24, 2.45) is 4.99 Å². The van der Waals surface area contributed by atoms with Crippen molar-refractivity contribution in [3.05, 3.63) is 41.5 Å². The molecule has 3 rings (SSSR count). The number of aryl methyl sites for hydroxylation is 1. The van der Waals surface area contributed by atoms with Crippen LogP contribution in [0, 0.1) is 18.6 Å². The maximum absolute atomic E-state index is 13.9. The van der Waals surface area contributed by atoms with Crippen LogP contribution in [0.5, 0.6) is 0 Å². The van der Waals surface area contributed by atoms with Gasteiger partial charge in [-0.15, -0.1) is 24.0 Å². The van der Waals surface area contributed by atoms with Crippen LogP contribution in [0.15, 0.2) is 27.7 Å². The molecule has 1 aliphatic heterocycles. The maximum atomic E-state index is 13.9. The standard InChI is InChI=1S/C17H22F2N6O.HI/c1-11-22-15(26-24-11)6-8-21-17(20-2)23-12-7-9-25(10-12)16-13(18)4-3-5-14(16)19;/h3-5,12H,6-10H2,1-2H3,(H2,20,21,23);1H. The molecule has 0 saturated carbocycles. The van der Waals surface area contributed by atoms with Crippen molar-refractivity contribution in [1.82, 2.24) is 20.8 Å². The Morgan fingerprint density at radius 1 is 1.37 bits per heavy atom. The molecule has 2 aromatic rings. The monoisotopic (exact) mass is 492 g/mol.